The summed E-state index contributed by atoms with van der Waals surface area (Å²) < 4.78 is 5.63. The number of hydrogen-bond acceptors (Lipinski definition) is 5. The molecule has 0 fully saturated rings. The number of benzene rings is 1. The molecule has 7 nitrogen and oxygen atoms in total. The number of non-ortho nitro benzene ring substituents is 1. The van der Waals surface area contributed by atoms with Crippen LogP contribution in [-0.2, 0) is 9.53 Å². The highest BCUT2D eigenvalue weighted by Gasteiger charge is 2.25. The Morgan fingerprint density at radius 3 is 2.29 bits per heavy atom. The van der Waals surface area contributed by atoms with E-state index in [2.05, 4.69) is 5.32 Å². The SMILES string of the molecule is CC(OC(C)(C)C)C(N)C(=O)Nc1ccc([N+](=O)[O-])cc1. The molecule has 0 aliphatic carbocycles. The van der Waals surface area contributed by atoms with E-state index in [1.54, 1.807) is 6.92 Å². The molecule has 7 heteroatoms. The lowest BCUT2D eigenvalue weighted by molar-refractivity contribution is -0.384. The maximum absolute atomic E-state index is 12.0. The number of anilines is 1. The number of nitrogens with zero attached hydrogens (tertiary/aromatic N) is 1. The van der Waals surface area contributed by atoms with Gasteiger partial charge in [-0.2, -0.15) is 0 Å². The smallest absolute Gasteiger partial charge is 0.269 e. The second kappa shape index (κ2) is 6.64. The average molecular weight is 295 g/mol. The fourth-order valence-corrected chi connectivity index (χ4v) is 1.74. The van der Waals surface area contributed by atoms with E-state index in [9.17, 15) is 14.9 Å². The van der Waals surface area contributed by atoms with Crippen molar-refractivity contribution in [2.75, 3.05) is 5.32 Å². The molecule has 0 aromatic heterocycles. The highest BCUT2D eigenvalue weighted by atomic mass is 16.6. The third-order valence-electron chi connectivity index (χ3n) is 2.69. The molecule has 0 aliphatic rings. The molecule has 21 heavy (non-hydrogen) atoms. The zero-order valence-electron chi connectivity index (χ0n) is 12.6. The molecule has 0 heterocycles. The number of rotatable bonds is 5. The minimum Gasteiger partial charge on any atom is -0.371 e. The fourth-order valence-electron chi connectivity index (χ4n) is 1.74. The second-order valence-electron chi connectivity index (χ2n) is 5.75. The van der Waals surface area contributed by atoms with Gasteiger partial charge in [0.2, 0.25) is 5.91 Å². The van der Waals surface area contributed by atoms with Crippen LogP contribution < -0.4 is 11.1 Å². The van der Waals surface area contributed by atoms with Gasteiger partial charge in [-0.1, -0.05) is 0 Å². The number of nitro benzene ring substituents is 1. The first-order valence-corrected chi connectivity index (χ1v) is 6.59. The third-order valence-corrected chi connectivity index (χ3v) is 2.69. The standard InChI is InChI=1S/C14H21N3O4/c1-9(21-14(2,3)4)12(15)13(18)16-10-5-7-11(8-6-10)17(19)20/h5-9,12H,15H2,1-4H3,(H,16,18). The van der Waals surface area contributed by atoms with Gasteiger partial charge in [0.15, 0.2) is 0 Å². The Hall–Kier alpha value is -1.99. The zero-order chi connectivity index (χ0) is 16.2. The molecule has 3 N–H and O–H groups in total. The number of carbonyl (C=O) groups excluding carboxylic acids is 1. The summed E-state index contributed by atoms with van der Waals surface area (Å²) in [6.07, 6.45) is -0.456. The first-order chi connectivity index (χ1) is 9.60. The number of ether oxygens (including phenoxy) is 1. The van der Waals surface area contributed by atoms with E-state index in [0.29, 0.717) is 5.69 Å². The molecule has 0 radical (unpaired) electrons. The van der Waals surface area contributed by atoms with Crippen LogP contribution >= 0.6 is 0 Å². The molecule has 1 rings (SSSR count). The number of hydrogen-bond donors (Lipinski definition) is 2. The largest absolute Gasteiger partial charge is 0.371 e. The summed E-state index contributed by atoms with van der Waals surface area (Å²) in [7, 11) is 0. The van der Waals surface area contributed by atoms with E-state index >= 15 is 0 Å². The summed E-state index contributed by atoms with van der Waals surface area (Å²) in [5.74, 6) is -0.402. The highest BCUT2D eigenvalue weighted by molar-refractivity contribution is 5.95. The fraction of sp³-hybridized carbons (Fsp3) is 0.500. The quantitative estimate of drug-likeness (QED) is 0.638. The van der Waals surface area contributed by atoms with Gasteiger partial charge in [-0.3, -0.25) is 14.9 Å². The normalized spacial score (nSPS) is 14.3. The summed E-state index contributed by atoms with van der Waals surface area (Å²) in [6.45, 7) is 7.37. The molecule has 0 saturated heterocycles. The van der Waals surface area contributed by atoms with E-state index in [1.807, 2.05) is 20.8 Å². The van der Waals surface area contributed by atoms with E-state index in [-0.39, 0.29) is 5.69 Å². The van der Waals surface area contributed by atoms with Gasteiger partial charge < -0.3 is 15.8 Å². The summed E-state index contributed by atoms with van der Waals surface area (Å²) in [5, 5.41) is 13.2. The summed E-state index contributed by atoms with van der Waals surface area (Å²) in [5.41, 5.74) is 5.86. The highest BCUT2D eigenvalue weighted by Crippen LogP contribution is 2.17. The van der Waals surface area contributed by atoms with Gasteiger partial charge >= 0.3 is 0 Å². The molecule has 1 amide bonds. The van der Waals surface area contributed by atoms with Crippen molar-refractivity contribution < 1.29 is 14.5 Å². The molecule has 2 unspecified atom stereocenters. The second-order valence-corrected chi connectivity index (χ2v) is 5.75. The van der Waals surface area contributed by atoms with E-state index in [1.165, 1.54) is 24.3 Å². The van der Waals surface area contributed by atoms with Crippen LogP contribution in [0.2, 0.25) is 0 Å². The maximum atomic E-state index is 12.0. The minimum atomic E-state index is -0.834. The molecular weight excluding hydrogens is 274 g/mol. The first kappa shape index (κ1) is 17.1. The van der Waals surface area contributed by atoms with E-state index in [4.69, 9.17) is 10.5 Å². The Labute approximate surface area is 123 Å². The molecular formula is C14H21N3O4. The Bertz CT molecular complexity index is 508. The minimum absolute atomic E-state index is 0.0401. The Balaban J connectivity index is 2.65. The van der Waals surface area contributed by atoms with Crippen molar-refractivity contribution in [3.63, 3.8) is 0 Å². The molecule has 1 aromatic carbocycles. The lowest BCUT2D eigenvalue weighted by Gasteiger charge is -2.28. The van der Waals surface area contributed by atoms with Crippen LogP contribution in [0.5, 0.6) is 0 Å². The van der Waals surface area contributed by atoms with Gasteiger partial charge in [-0.05, 0) is 39.8 Å². The van der Waals surface area contributed by atoms with Gasteiger partial charge in [0.05, 0.1) is 16.6 Å². The van der Waals surface area contributed by atoms with Gasteiger partial charge in [0.25, 0.3) is 5.69 Å². The summed E-state index contributed by atoms with van der Waals surface area (Å²) in [4.78, 5) is 22.1. The number of carbonyl (C=O) groups is 1. The predicted octanol–water partition coefficient (Wildman–Crippen LogP) is 2.06. The predicted molar refractivity (Wildman–Crippen MR) is 80.0 cm³/mol. The maximum Gasteiger partial charge on any atom is 0.269 e. The molecule has 2 atom stereocenters. The first-order valence-electron chi connectivity index (χ1n) is 6.59. The van der Waals surface area contributed by atoms with Crippen LogP contribution in [0, 0.1) is 10.1 Å². The van der Waals surface area contributed by atoms with Crippen molar-refractivity contribution in [1.29, 1.82) is 0 Å². The van der Waals surface area contributed by atoms with Crippen molar-refractivity contribution in [2.24, 2.45) is 5.73 Å². The van der Waals surface area contributed by atoms with Gasteiger partial charge in [-0.15, -0.1) is 0 Å². The van der Waals surface area contributed by atoms with Gasteiger partial charge in [-0.25, -0.2) is 0 Å². The molecule has 0 spiro atoms. The van der Waals surface area contributed by atoms with E-state index in [0.717, 1.165) is 0 Å². The summed E-state index contributed by atoms with van der Waals surface area (Å²) >= 11 is 0. The Kier molecular flexibility index (Phi) is 5.40. The van der Waals surface area contributed by atoms with Crippen molar-refractivity contribution in [3.8, 4) is 0 Å². The van der Waals surface area contributed by atoms with Crippen LogP contribution in [-0.4, -0.2) is 28.6 Å². The Morgan fingerprint density at radius 1 is 1.33 bits per heavy atom. The molecule has 116 valence electrons. The lowest BCUT2D eigenvalue weighted by atomic mass is 10.1. The van der Waals surface area contributed by atoms with E-state index < -0.39 is 28.6 Å². The topological polar surface area (TPSA) is 107 Å². The van der Waals surface area contributed by atoms with Crippen molar-refractivity contribution in [2.45, 2.75) is 45.4 Å². The number of nitro groups is 1. The van der Waals surface area contributed by atoms with Gasteiger partial charge in [0.1, 0.15) is 6.04 Å². The lowest BCUT2D eigenvalue weighted by Crippen LogP contribution is -2.47. The zero-order valence-corrected chi connectivity index (χ0v) is 12.6. The van der Waals surface area contributed by atoms with Gasteiger partial charge in [0, 0.05) is 17.8 Å². The van der Waals surface area contributed by atoms with Crippen LogP contribution in [0.4, 0.5) is 11.4 Å². The number of amides is 1. The number of nitrogens with two attached hydrogens (primary N) is 1. The molecule has 1 aromatic rings. The van der Waals surface area contributed by atoms with Crippen LogP contribution in [0.3, 0.4) is 0 Å². The van der Waals surface area contributed by atoms with Crippen molar-refractivity contribution >= 4 is 17.3 Å². The average Bonchev–Trinajstić information content (AvgIpc) is 2.36. The molecule has 0 bridgehead atoms. The van der Waals surface area contributed by atoms with Crippen LogP contribution in [0.15, 0.2) is 24.3 Å². The molecule has 0 aliphatic heterocycles. The van der Waals surface area contributed by atoms with Crippen LogP contribution in [0.1, 0.15) is 27.7 Å². The number of nitrogens with one attached hydrogen (secondary N) is 1. The van der Waals surface area contributed by atoms with Crippen LogP contribution in [0.25, 0.3) is 0 Å². The third kappa shape index (κ3) is 5.49. The van der Waals surface area contributed by atoms with Crippen molar-refractivity contribution in [1.82, 2.24) is 0 Å². The summed E-state index contributed by atoms with van der Waals surface area (Å²) in [6, 6.07) is 4.71. The molecule has 0 saturated carbocycles. The van der Waals surface area contributed by atoms with Crippen molar-refractivity contribution in [3.05, 3.63) is 34.4 Å². The Morgan fingerprint density at radius 2 is 1.86 bits per heavy atom. The monoisotopic (exact) mass is 295 g/mol.